The van der Waals surface area contributed by atoms with Crippen LogP contribution in [0.2, 0.25) is 5.02 Å². The molecule has 4 rings (SSSR count). The molecule has 0 saturated carbocycles. The van der Waals surface area contributed by atoms with Crippen LogP contribution in [0.5, 0.6) is 0 Å². The Hall–Kier alpha value is -3.66. The molecule has 0 bridgehead atoms. The quantitative estimate of drug-likeness (QED) is 0.395. The number of pyridine rings is 1. The zero-order chi connectivity index (χ0) is 24.8. The van der Waals surface area contributed by atoms with Crippen LogP contribution in [0, 0.1) is 19.7 Å². The number of halogens is 5. The minimum Gasteiger partial charge on any atom is -0.324 e. The number of rotatable bonds is 4. The normalized spacial score (nSPS) is 11.7. The summed E-state index contributed by atoms with van der Waals surface area (Å²) in [5.41, 5.74) is -1.49. The minimum absolute atomic E-state index is 0.0357. The van der Waals surface area contributed by atoms with E-state index in [1.165, 1.54) is 19.1 Å². The van der Waals surface area contributed by atoms with Crippen molar-refractivity contribution in [3.05, 3.63) is 86.5 Å². The number of alkyl halides is 3. The molecule has 2 aromatic carbocycles. The summed E-state index contributed by atoms with van der Waals surface area (Å²) >= 11 is 6.07. The molecule has 0 unspecified atom stereocenters. The van der Waals surface area contributed by atoms with E-state index in [0.717, 1.165) is 21.4 Å². The number of aromatic nitrogens is 3. The van der Waals surface area contributed by atoms with Crippen LogP contribution in [-0.4, -0.2) is 20.3 Å². The van der Waals surface area contributed by atoms with Crippen LogP contribution in [-0.2, 0) is 17.5 Å². The lowest BCUT2D eigenvalue weighted by molar-refractivity contribution is -0.136. The molecule has 34 heavy (non-hydrogen) atoms. The Morgan fingerprint density at radius 2 is 1.82 bits per heavy atom. The standard InChI is InChI=1S/C23H17ClF4N4O2/c1-12-17(24)7-4-8-18(12)29-19(33)11-31-20(34)10-16(23(26,27)28)21-13(2)30-32(22(21)31)15-6-3-5-14(25)9-15/h3-10H,11H2,1-2H3,(H,29,33). The Bertz CT molecular complexity index is 1490. The van der Waals surface area contributed by atoms with Crippen LogP contribution in [0.3, 0.4) is 0 Å². The monoisotopic (exact) mass is 492 g/mol. The Kier molecular flexibility index (Phi) is 5.94. The lowest BCUT2D eigenvalue weighted by Crippen LogP contribution is -2.30. The third-order valence-electron chi connectivity index (χ3n) is 5.30. The average Bonchev–Trinajstić information content (AvgIpc) is 3.09. The number of nitrogens with one attached hydrogen (secondary N) is 1. The SMILES string of the molecule is Cc1c(Cl)cccc1NC(=O)Cn1c(=O)cc(C(F)(F)F)c2c(C)nn(-c3cccc(F)c3)c21. The molecule has 6 nitrogen and oxygen atoms in total. The van der Waals surface area contributed by atoms with Gasteiger partial charge in [-0.1, -0.05) is 23.7 Å². The fraction of sp³-hybridized carbons (Fsp3) is 0.174. The first-order chi connectivity index (χ1) is 16.0. The Labute approximate surface area is 195 Å². The summed E-state index contributed by atoms with van der Waals surface area (Å²) in [4.78, 5) is 25.6. The molecule has 0 atom stereocenters. The first kappa shape index (κ1) is 23.5. The van der Waals surface area contributed by atoms with E-state index in [4.69, 9.17) is 11.6 Å². The lowest BCUT2D eigenvalue weighted by atomic mass is 10.1. The van der Waals surface area contributed by atoms with E-state index >= 15 is 0 Å². The first-order valence-electron chi connectivity index (χ1n) is 9.98. The van der Waals surface area contributed by atoms with E-state index in [1.54, 1.807) is 25.1 Å². The molecular weight excluding hydrogens is 476 g/mol. The molecule has 2 aromatic heterocycles. The van der Waals surface area contributed by atoms with Crippen molar-refractivity contribution in [1.82, 2.24) is 14.3 Å². The van der Waals surface area contributed by atoms with Gasteiger partial charge in [0.1, 0.15) is 18.0 Å². The van der Waals surface area contributed by atoms with Crippen molar-refractivity contribution in [1.29, 1.82) is 0 Å². The summed E-state index contributed by atoms with van der Waals surface area (Å²) in [5.74, 6) is -1.31. The zero-order valence-electron chi connectivity index (χ0n) is 17.9. The summed E-state index contributed by atoms with van der Waals surface area (Å²) in [6, 6.07) is 10.3. The number of hydrogen-bond acceptors (Lipinski definition) is 3. The lowest BCUT2D eigenvalue weighted by Gasteiger charge is -2.15. The van der Waals surface area contributed by atoms with Crippen LogP contribution in [0.4, 0.5) is 23.2 Å². The number of aryl methyl sites for hydroxylation is 1. The molecular formula is C23H17ClF4N4O2. The van der Waals surface area contributed by atoms with Gasteiger partial charge < -0.3 is 5.32 Å². The zero-order valence-corrected chi connectivity index (χ0v) is 18.6. The van der Waals surface area contributed by atoms with Gasteiger partial charge in [0, 0.05) is 16.8 Å². The maximum absolute atomic E-state index is 13.9. The van der Waals surface area contributed by atoms with Crippen molar-refractivity contribution in [2.45, 2.75) is 26.6 Å². The summed E-state index contributed by atoms with van der Waals surface area (Å²) in [6.07, 6.45) is -4.85. The van der Waals surface area contributed by atoms with Gasteiger partial charge in [0.25, 0.3) is 5.56 Å². The van der Waals surface area contributed by atoms with Gasteiger partial charge in [-0.05, 0) is 49.7 Å². The highest BCUT2D eigenvalue weighted by atomic mass is 35.5. The molecule has 0 radical (unpaired) electrons. The molecule has 0 spiro atoms. The number of hydrogen-bond donors (Lipinski definition) is 1. The fourth-order valence-electron chi connectivity index (χ4n) is 3.70. The number of nitrogens with zero attached hydrogens (tertiary/aromatic N) is 3. The first-order valence-corrected chi connectivity index (χ1v) is 10.4. The van der Waals surface area contributed by atoms with Crippen LogP contribution >= 0.6 is 11.6 Å². The second-order valence-electron chi connectivity index (χ2n) is 7.62. The molecule has 0 aliphatic rings. The molecule has 1 N–H and O–H groups in total. The Balaban J connectivity index is 1.91. The summed E-state index contributed by atoms with van der Waals surface area (Å²) < 4.78 is 57.1. The van der Waals surface area contributed by atoms with Gasteiger partial charge in [0.05, 0.1) is 22.3 Å². The molecule has 0 saturated heterocycles. The van der Waals surface area contributed by atoms with Gasteiger partial charge in [-0.2, -0.15) is 18.3 Å². The molecule has 4 aromatic rings. The number of fused-ring (bicyclic) bond motifs is 1. The molecule has 1 amide bonds. The Morgan fingerprint density at radius 1 is 1.12 bits per heavy atom. The highest BCUT2D eigenvalue weighted by Crippen LogP contribution is 2.36. The largest absolute Gasteiger partial charge is 0.417 e. The highest BCUT2D eigenvalue weighted by Gasteiger charge is 2.36. The topological polar surface area (TPSA) is 68.9 Å². The predicted molar refractivity (Wildman–Crippen MR) is 120 cm³/mol. The van der Waals surface area contributed by atoms with Crippen molar-refractivity contribution in [2.75, 3.05) is 5.32 Å². The summed E-state index contributed by atoms with van der Waals surface area (Å²) in [5, 5.41) is 6.80. The van der Waals surface area contributed by atoms with E-state index in [2.05, 4.69) is 10.4 Å². The molecule has 11 heteroatoms. The van der Waals surface area contributed by atoms with Crippen LogP contribution in [0.1, 0.15) is 16.8 Å². The van der Waals surface area contributed by atoms with Gasteiger partial charge >= 0.3 is 6.18 Å². The third kappa shape index (κ3) is 4.28. The predicted octanol–water partition coefficient (Wildman–Crippen LogP) is 5.25. The van der Waals surface area contributed by atoms with E-state index in [0.29, 0.717) is 22.3 Å². The number of carbonyl (C=O) groups is 1. The van der Waals surface area contributed by atoms with Gasteiger partial charge in [-0.3, -0.25) is 14.2 Å². The van der Waals surface area contributed by atoms with Crippen molar-refractivity contribution >= 4 is 34.2 Å². The molecule has 0 aliphatic heterocycles. The fourth-order valence-corrected chi connectivity index (χ4v) is 3.87. The van der Waals surface area contributed by atoms with Crippen LogP contribution in [0.25, 0.3) is 16.7 Å². The van der Waals surface area contributed by atoms with E-state index < -0.39 is 35.6 Å². The van der Waals surface area contributed by atoms with Crippen molar-refractivity contribution in [3.8, 4) is 5.69 Å². The van der Waals surface area contributed by atoms with Crippen molar-refractivity contribution in [3.63, 3.8) is 0 Å². The molecule has 2 heterocycles. The average molecular weight is 493 g/mol. The number of anilines is 1. The van der Waals surface area contributed by atoms with Crippen LogP contribution < -0.4 is 10.9 Å². The maximum atomic E-state index is 13.9. The van der Waals surface area contributed by atoms with Gasteiger partial charge in [-0.25, -0.2) is 9.07 Å². The summed E-state index contributed by atoms with van der Waals surface area (Å²) in [7, 11) is 0. The van der Waals surface area contributed by atoms with E-state index in [-0.39, 0.29) is 22.4 Å². The third-order valence-corrected chi connectivity index (χ3v) is 5.71. The van der Waals surface area contributed by atoms with E-state index in [1.807, 2.05) is 0 Å². The number of benzene rings is 2. The maximum Gasteiger partial charge on any atom is 0.417 e. The number of carbonyl (C=O) groups excluding carboxylic acids is 1. The van der Waals surface area contributed by atoms with E-state index in [9.17, 15) is 27.2 Å². The minimum atomic E-state index is -4.85. The van der Waals surface area contributed by atoms with Gasteiger partial charge in [0.2, 0.25) is 5.91 Å². The Morgan fingerprint density at radius 3 is 2.50 bits per heavy atom. The molecule has 0 fully saturated rings. The summed E-state index contributed by atoms with van der Waals surface area (Å²) in [6.45, 7) is 2.42. The highest BCUT2D eigenvalue weighted by molar-refractivity contribution is 6.31. The van der Waals surface area contributed by atoms with Crippen molar-refractivity contribution < 1.29 is 22.4 Å². The number of amides is 1. The molecule has 0 aliphatic carbocycles. The van der Waals surface area contributed by atoms with Crippen LogP contribution in [0.15, 0.2) is 53.3 Å². The van der Waals surface area contributed by atoms with Gasteiger partial charge in [0.15, 0.2) is 0 Å². The molecule has 176 valence electrons. The van der Waals surface area contributed by atoms with Gasteiger partial charge in [-0.15, -0.1) is 0 Å². The second-order valence-corrected chi connectivity index (χ2v) is 8.02. The smallest absolute Gasteiger partial charge is 0.324 e. The van der Waals surface area contributed by atoms with Crippen molar-refractivity contribution in [2.24, 2.45) is 0 Å². The second kappa shape index (κ2) is 8.60.